The molecule has 0 aliphatic carbocycles. The van der Waals surface area contributed by atoms with Gasteiger partial charge in [0.15, 0.2) is 0 Å². The summed E-state index contributed by atoms with van der Waals surface area (Å²) in [4.78, 5) is 0. The predicted molar refractivity (Wildman–Crippen MR) is 68.1 cm³/mol. The van der Waals surface area contributed by atoms with E-state index in [2.05, 4.69) is 0 Å². The van der Waals surface area contributed by atoms with E-state index in [1.807, 2.05) is 13.8 Å². The van der Waals surface area contributed by atoms with Gasteiger partial charge in [-0.2, -0.15) is 4.31 Å². The Kier molecular flexibility index (Phi) is 4.76. The van der Waals surface area contributed by atoms with E-state index in [0.717, 1.165) is 12.8 Å². The van der Waals surface area contributed by atoms with Crippen LogP contribution in [0.5, 0.6) is 0 Å². The molecule has 1 aromatic heterocycles. The van der Waals surface area contributed by atoms with Gasteiger partial charge in [0.05, 0.1) is 0 Å². The van der Waals surface area contributed by atoms with Crippen molar-refractivity contribution in [3.8, 4) is 0 Å². The third-order valence-electron chi connectivity index (χ3n) is 2.14. The smallest absolute Gasteiger partial charge is 0.252 e. The van der Waals surface area contributed by atoms with Gasteiger partial charge in [0.2, 0.25) is 0 Å². The number of anilines is 1. The van der Waals surface area contributed by atoms with E-state index >= 15 is 0 Å². The Bertz CT molecular complexity index is 420. The molecule has 4 nitrogen and oxygen atoms in total. The van der Waals surface area contributed by atoms with Crippen molar-refractivity contribution in [3.05, 3.63) is 11.4 Å². The van der Waals surface area contributed by atoms with Crippen LogP contribution in [-0.2, 0) is 10.0 Å². The van der Waals surface area contributed by atoms with Crippen molar-refractivity contribution < 1.29 is 8.42 Å². The molecule has 1 aromatic rings. The van der Waals surface area contributed by atoms with E-state index in [-0.39, 0.29) is 0 Å². The van der Waals surface area contributed by atoms with Crippen LogP contribution in [-0.4, -0.2) is 25.8 Å². The summed E-state index contributed by atoms with van der Waals surface area (Å²) in [5.74, 6) is 0. The second kappa shape index (κ2) is 5.65. The zero-order valence-electron chi connectivity index (χ0n) is 9.64. The molecule has 2 N–H and O–H groups in total. The molecule has 0 saturated carbocycles. The molecular formula is C10H18N2O2S2. The quantitative estimate of drug-likeness (QED) is 0.854. The zero-order valence-corrected chi connectivity index (χ0v) is 11.3. The number of hydrogen-bond donors (Lipinski definition) is 1. The fraction of sp³-hybridized carbons (Fsp3) is 0.600. The molecule has 0 aliphatic rings. The molecule has 0 atom stereocenters. The second-order valence-electron chi connectivity index (χ2n) is 3.60. The lowest BCUT2D eigenvalue weighted by molar-refractivity contribution is 0.411. The lowest BCUT2D eigenvalue weighted by Crippen LogP contribution is -2.32. The van der Waals surface area contributed by atoms with Crippen molar-refractivity contribution in [1.29, 1.82) is 0 Å². The Labute approximate surface area is 101 Å². The maximum Gasteiger partial charge on any atom is 0.252 e. The highest BCUT2D eigenvalue weighted by molar-refractivity contribution is 7.91. The fourth-order valence-corrected chi connectivity index (χ4v) is 4.30. The summed E-state index contributed by atoms with van der Waals surface area (Å²) in [6, 6.07) is 1.53. The van der Waals surface area contributed by atoms with Crippen LogP contribution in [0.25, 0.3) is 0 Å². The molecule has 1 rings (SSSR count). The third kappa shape index (κ3) is 2.96. The number of rotatable bonds is 6. The highest BCUT2D eigenvalue weighted by atomic mass is 32.2. The average Bonchev–Trinajstić information content (AvgIpc) is 2.65. The molecule has 6 heteroatoms. The molecule has 0 radical (unpaired) electrons. The molecule has 0 fully saturated rings. The molecular weight excluding hydrogens is 244 g/mol. The maximum absolute atomic E-state index is 12.2. The molecule has 0 spiro atoms. The lowest BCUT2D eigenvalue weighted by Gasteiger charge is -2.19. The van der Waals surface area contributed by atoms with Crippen LogP contribution in [0.2, 0.25) is 0 Å². The van der Waals surface area contributed by atoms with Gasteiger partial charge < -0.3 is 5.73 Å². The number of hydrogen-bond acceptors (Lipinski definition) is 4. The number of nitrogens with zero attached hydrogens (tertiary/aromatic N) is 1. The van der Waals surface area contributed by atoms with Gasteiger partial charge in [-0.25, -0.2) is 8.42 Å². The highest BCUT2D eigenvalue weighted by Crippen LogP contribution is 2.25. The summed E-state index contributed by atoms with van der Waals surface area (Å²) in [7, 11) is -3.33. The molecule has 16 heavy (non-hydrogen) atoms. The first kappa shape index (κ1) is 13.5. The van der Waals surface area contributed by atoms with E-state index in [4.69, 9.17) is 5.73 Å². The van der Waals surface area contributed by atoms with E-state index in [1.165, 1.54) is 21.7 Å². The SMILES string of the molecule is CCCN(CCC)S(=O)(=O)c1cc(N)cs1. The summed E-state index contributed by atoms with van der Waals surface area (Å²) in [6.07, 6.45) is 1.64. The monoisotopic (exact) mass is 262 g/mol. The first-order valence-electron chi connectivity index (χ1n) is 5.36. The predicted octanol–water partition coefficient (Wildman–Crippen LogP) is 2.14. The highest BCUT2D eigenvalue weighted by Gasteiger charge is 2.24. The normalized spacial score (nSPS) is 12.2. The van der Waals surface area contributed by atoms with Crippen LogP contribution in [0.3, 0.4) is 0 Å². The third-order valence-corrected chi connectivity index (χ3v) is 5.47. The van der Waals surface area contributed by atoms with Crippen molar-refractivity contribution in [2.45, 2.75) is 30.9 Å². The Morgan fingerprint density at radius 3 is 2.25 bits per heavy atom. The van der Waals surface area contributed by atoms with Crippen LogP contribution < -0.4 is 5.73 Å². The van der Waals surface area contributed by atoms with Gasteiger partial charge in [0, 0.05) is 24.2 Å². The van der Waals surface area contributed by atoms with Crippen molar-refractivity contribution in [2.75, 3.05) is 18.8 Å². The first-order chi connectivity index (χ1) is 7.52. The molecule has 0 unspecified atom stereocenters. The van der Waals surface area contributed by atoms with Gasteiger partial charge in [-0.1, -0.05) is 13.8 Å². The van der Waals surface area contributed by atoms with Crippen molar-refractivity contribution in [2.24, 2.45) is 0 Å². The topological polar surface area (TPSA) is 63.4 Å². The van der Waals surface area contributed by atoms with Crippen molar-refractivity contribution >= 4 is 27.0 Å². The Balaban J connectivity index is 2.97. The van der Waals surface area contributed by atoms with Crippen LogP contribution in [0.1, 0.15) is 26.7 Å². The van der Waals surface area contributed by atoms with E-state index in [9.17, 15) is 8.42 Å². The van der Waals surface area contributed by atoms with E-state index < -0.39 is 10.0 Å². The average molecular weight is 262 g/mol. The Hall–Kier alpha value is -0.590. The molecule has 0 saturated heterocycles. The van der Waals surface area contributed by atoms with E-state index in [1.54, 1.807) is 5.38 Å². The number of sulfonamides is 1. The molecule has 0 bridgehead atoms. The summed E-state index contributed by atoms with van der Waals surface area (Å²) < 4.78 is 26.3. The van der Waals surface area contributed by atoms with Crippen LogP contribution in [0.4, 0.5) is 5.69 Å². The number of thiophene rings is 1. The maximum atomic E-state index is 12.2. The Morgan fingerprint density at radius 2 is 1.88 bits per heavy atom. The van der Waals surface area contributed by atoms with Gasteiger partial charge in [0.25, 0.3) is 10.0 Å². The number of nitrogens with two attached hydrogens (primary N) is 1. The minimum absolute atomic E-state index is 0.340. The van der Waals surface area contributed by atoms with Gasteiger partial charge in [-0.05, 0) is 18.9 Å². The molecule has 92 valence electrons. The summed E-state index contributed by atoms with van der Waals surface area (Å²) in [5.41, 5.74) is 6.06. The standard InChI is InChI=1S/C10H18N2O2S2/c1-3-5-12(6-4-2)16(13,14)10-7-9(11)8-15-10/h7-8H,3-6,11H2,1-2H3. The zero-order chi connectivity index (χ0) is 12.2. The number of nitrogen functional groups attached to an aromatic ring is 1. The van der Waals surface area contributed by atoms with Gasteiger partial charge in [-0.15, -0.1) is 11.3 Å². The van der Waals surface area contributed by atoms with Gasteiger partial charge >= 0.3 is 0 Å². The van der Waals surface area contributed by atoms with Crippen molar-refractivity contribution in [3.63, 3.8) is 0 Å². The fourth-order valence-electron chi connectivity index (χ4n) is 1.44. The summed E-state index contributed by atoms with van der Waals surface area (Å²) in [5, 5.41) is 1.66. The minimum atomic E-state index is -3.33. The van der Waals surface area contributed by atoms with Crippen LogP contribution in [0.15, 0.2) is 15.7 Å². The summed E-state index contributed by atoms with van der Waals surface area (Å²) in [6.45, 7) is 5.07. The second-order valence-corrected chi connectivity index (χ2v) is 6.68. The molecule has 0 amide bonds. The van der Waals surface area contributed by atoms with Crippen LogP contribution in [0, 0.1) is 0 Å². The van der Waals surface area contributed by atoms with Gasteiger partial charge in [-0.3, -0.25) is 0 Å². The molecule has 0 aromatic carbocycles. The molecule has 1 heterocycles. The minimum Gasteiger partial charge on any atom is -0.398 e. The van der Waals surface area contributed by atoms with Crippen LogP contribution >= 0.6 is 11.3 Å². The Morgan fingerprint density at radius 1 is 1.31 bits per heavy atom. The molecule has 0 aliphatic heterocycles. The summed E-state index contributed by atoms with van der Waals surface area (Å²) >= 11 is 1.18. The van der Waals surface area contributed by atoms with Gasteiger partial charge in [0.1, 0.15) is 4.21 Å². The lowest BCUT2D eigenvalue weighted by atomic mass is 10.4. The van der Waals surface area contributed by atoms with E-state index in [0.29, 0.717) is 23.0 Å². The first-order valence-corrected chi connectivity index (χ1v) is 7.68. The van der Waals surface area contributed by atoms with Crippen molar-refractivity contribution in [1.82, 2.24) is 4.31 Å². The largest absolute Gasteiger partial charge is 0.398 e.